The van der Waals surface area contributed by atoms with E-state index in [4.69, 9.17) is 0 Å². The number of aryl methyl sites for hydroxylation is 2. The van der Waals surface area contributed by atoms with E-state index < -0.39 is 0 Å². The fraction of sp³-hybridized carbons (Fsp3) is 0.182. The second-order valence-corrected chi connectivity index (χ2v) is 5.43. The summed E-state index contributed by atoms with van der Waals surface area (Å²) >= 11 is 1.34. The lowest BCUT2D eigenvalue weighted by molar-refractivity contribution is 0.701. The molecule has 0 spiro atoms. The zero-order chi connectivity index (χ0) is 14.4. The van der Waals surface area contributed by atoms with Gasteiger partial charge in [-0.25, -0.2) is 9.50 Å². The first-order valence-corrected chi connectivity index (χ1v) is 6.95. The fourth-order valence-corrected chi connectivity index (χ4v) is 2.66. The summed E-state index contributed by atoms with van der Waals surface area (Å²) in [6, 6.07) is 5.58. The first-order chi connectivity index (χ1) is 10.2. The van der Waals surface area contributed by atoms with Crippen LogP contribution < -0.4 is 0 Å². The molecule has 0 amide bonds. The summed E-state index contributed by atoms with van der Waals surface area (Å²) in [5.41, 5.74) is 2.49. The molecule has 0 saturated heterocycles. The zero-order valence-electron chi connectivity index (χ0n) is 11.2. The Morgan fingerprint density at radius 3 is 2.90 bits per heavy atom. The van der Waals surface area contributed by atoms with E-state index in [0.717, 1.165) is 11.4 Å². The van der Waals surface area contributed by atoms with E-state index in [1.165, 1.54) is 16.4 Å². The molecular weight excluding hydrogens is 290 g/mol. The highest BCUT2D eigenvalue weighted by atomic mass is 32.2. The first kappa shape index (κ1) is 12.1. The predicted molar refractivity (Wildman–Crippen MR) is 73.0 cm³/mol. The SMILES string of the molecule is Cc1cc(C)n2nc(Sc3ccc4nnnn4n3)nc2n1. The minimum Gasteiger partial charge on any atom is -0.216 e. The molecule has 0 aliphatic heterocycles. The summed E-state index contributed by atoms with van der Waals surface area (Å²) in [5, 5.41) is 21.1. The molecule has 4 aromatic rings. The van der Waals surface area contributed by atoms with E-state index in [2.05, 4.69) is 35.7 Å². The normalized spacial score (nSPS) is 11.5. The van der Waals surface area contributed by atoms with Crippen LogP contribution in [-0.2, 0) is 0 Å². The summed E-state index contributed by atoms with van der Waals surface area (Å²) < 4.78 is 3.08. The Kier molecular flexibility index (Phi) is 2.57. The molecule has 4 heterocycles. The van der Waals surface area contributed by atoms with Crippen molar-refractivity contribution < 1.29 is 0 Å². The highest BCUT2D eigenvalue weighted by Crippen LogP contribution is 2.23. The van der Waals surface area contributed by atoms with Crippen LogP contribution in [-0.4, -0.2) is 44.8 Å². The predicted octanol–water partition coefficient (Wildman–Crippen LogP) is 0.725. The molecule has 9 nitrogen and oxygen atoms in total. The van der Waals surface area contributed by atoms with Gasteiger partial charge in [-0.05, 0) is 54.2 Å². The number of tetrazole rings is 1. The lowest BCUT2D eigenvalue weighted by Crippen LogP contribution is -1.97. The van der Waals surface area contributed by atoms with Gasteiger partial charge in [0, 0.05) is 11.4 Å². The van der Waals surface area contributed by atoms with Gasteiger partial charge in [-0.15, -0.1) is 19.9 Å². The van der Waals surface area contributed by atoms with Gasteiger partial charge in [-0.3, -0.25) is 0 Å². The van der Waals surface area contributed by atoms with Crippen LogP contribution in [0.2, 0.25) is 0 Å². The highest BCUT2D eigenvalue weighted by Gasteiger charge is 2.10. The van der Waals surface area contributed by atoms with Gasteiger partial charge in [0.05, 0.1) is 0 Å². The van der Waals surface area contributed by atoms with Crippen LogP contribution in [0.25, 0.3) is 11.4 Å². The number of hydrogen-bond acceptors (Lipinski definition) is 8. The number of hydrogen-bond donors (Lipinski definition) is 0. The van der Waals surface area contributed by atoms with E-state index in [1.54, 1.807) is 10.6 Å². The molecule has 0 N–H and O–H groups in total. The molecule has 0 unspecified atom stereocenters. The monoisotopic (exact) mass is 299 g/mol. The van der Waals surface area contributed by atoms with Crippen LogP contribution in [0.1, 0.15) is 11.4 Å². The minimum absolute atomic E-state index is 0.580. The van der Waals surface area contributed by atoms with E-state index in [-0.39, 0.29) is 0 Å². The molecule has 0 saturated carbocycles. The lowest BCUT2D eigenvalue weighted by Gasteiger charge is -1.97. The van der Waals surface area contributed by atoms with Crippen molar-refractivity contribution in [2.24, 2.45) is 0 Å². The van der Waals surface area contributed by atoms with Gasteiger partial charge >= 0.3 is 0 Å². The molecule has 4 aromatic heterocycles. The Labute approximate surface area is 122 Å². The standard InChI is InChI=1S/C11H9N9S/c1-6-5-7(2)19-10(12-6)13-11(16-19)21-9-4-3-8-14-17-18-20(8)15-9/h3-5H,1-2H3. The molecule has 0 aliphatic carbocycles. The Bertz CT molecular complexity index is 957. The maximum Gasteiger partial charge on any atom is 0.253 e. The van der Waals surface area contributed by atoms with Gasteiger partial charge in [-0.2, -0.15) is 4.98 Å². The van der Waals surface area contributed by atoms with Crippen molar-refractivity contribution in [2.45, 2.75) is 24.0 Å². The van der Waals surface area contributed by atoms with Gasteiger partial charge in [-0.1, -0.05) is 0 Å². The molecule has 104 valence electrons. The second kappa shape index (κ2) is 4.45. The van der Waals surface area contributed by atoms with Crippen molar-refractivity contribution in [3.8, 4) is 0 Å². The second-order valence-electron chi connectivity index (χ2n) is 4.45. The average molecular weight is 299 g/mol. The van der Waals surface area contributed by atoms with Crippen LogP contribution in [0.3, 0.4) is 0 Å². The number of fused-ring (bicyclic) bond motifs is 2. The number of rotatable bonds is 2. The lowest BCUT2D eigenvalue weighted by atomic mass is 10.4. The minimum atomic E-state index is 0.580. The van der Waals surface area contributed by atoms with E-state index in [0.29, 0.717) is 21.6 Å². The van der Waals surface area contributed by atoms with Crippen molar-refractivity contribution in [1.29, 1.82) is 0 Å². The summed E-state index contributed by atoms with van der Waals surface area (Å²) in [7, 11) is 0. The molecule has 0 radical (unpaired) electrons. The van der Waals surface area contributed by atoms with Crippen LogP contribution in [0.4, 0.5) is 0 Å². The first-order valence-electron chi connectivity index (χ1n) is 6.13. The topological polar surface area (TPSA) is 99.0 Å². The average Bonchev–Trinajstić information content (AvgIpc) is 3.04. The Balaban J connectivity index is 1.74. The number of aromatic nitrogens is 9. The summed E-state index contributed by atoms with van der Waals surface area (Å²) in [6.07, 6.45) is 0. The van der Waals surface area contributed by atoms with E-state index >= 15 is 0 Å². The molecule has 0 aliphatic rings. The van der Waals surface area contributed by atoms with Crippen LogP contribution >= 0.6 is 11.8 Å². The van der Waals surface area contributed by atoms with Crippen LogP contribution in [0.5, 0.6) is 0 Å². The van der Waals surface area contributed by atoms with Crippen LogP contribution in [0, 0.1) is 13.8 Å². The fourth-order valence-electron chi connectivity index (χ4n) is 1.97. The van der Waals surface area contributed by atoms with Crippen molar-refractivity contribution in [1.82, 2.24) is 44.8 Å². The van der Waals surface area contributed by atoms with E-state index in [1.807, 2.05) is 26.0 Å². The van der Waals surface area contributed by atoms with Crippen LogP contribution in [0.15, 0.2) is 28.4 Å². The third-order valence-electron chi connectivity index (χ3n) is 2.84. The molecule has 0 atom stereocenters. The van der Waals surface area contributed by atoms with E-state index in [9.17, 15) is 0 Å². The molecule has 0 aromatic carbocycles. The molecule has 21 heavy (non-hydrogen) atoms. The highest BCUT2D eigenvalue weighted by molar-refractivity contribution is 7.99. The van der Waals surface area contributed by atoms with Gasteiger partial charge in [0.15, 0.2) is 5.65 Å². The quantitative estimate of drug-likeness (QED) is 0.534. The smallest absolute Gasteiger partial charge is 0.216 e. The maximum absolute atomic E-state index is 4.42. The van der Waals surface area contributed by atoms with Crippen molar-refractivity contribution in [3.05, 3.63) is 29.6 Å². The molecule has 4 rings (SSSR count). The number of nitrogens with zero attached hydrogens (tertiary/aromatic N) is 9. The third kappa shape index (κ3) is 2.09. The molecule has 10 heteroatoms. The summed E-state index contributed by atoms with van der Waals surface area (Å²) in [6.45, 7) is 3.90. The van der Waals surface area contributed by atoms with Gasteiger partial charge < -0.3 is 0 Å². The molecule has 0 fully saturated rings. The van der Waals surface area contributed by atoms with Crippen molar-refractivity contribution in [2.75, 3.05) is 0 Å². The van der Waals surface area contributed by atoms with Crippen molar-refractivity contribution in [3.63, 3.8) is 0 Å². The molecular formula is C11H9N9S. The summed E-state index contributed by atoms with van der Waals surface area (Å²) in [5.74, 6) is 0.582. The maximum atomic E-state index is 4.42. The third-order valence-corrected chi connectivity index (χ3v) is 3.62. The Hall–Kier alpha value is -2.62. The van der Waals surface area contributed by atoms with Gasteiger partial charge in [0.2, 0.25) is 5.16 Å². The zero-order valence-corrected chi connectivity index (χ0v) is 12.0. The van der Waals surface area contributed by atoms with Gasteiger partial charge in [0.25, 0.3) is 5.78 Å². The largest absolute Gasteiger partial charge is 0.253 e. The summed E-state index contributed by atoms with van der Waals surface area (Å²) in [4.78, 5) is 8.76. The van der Waals surface area contributed by atoms with Gasteiger partial charge in [0.1, 0.15) is 5.03 Å². The van der Waals surface area contributed by atoms with Crippen molar-refractivity contribution >= 4 is 23.2 Å². The molecule has 0 bridgehead atoms. The Morgan fingerprint density at radius 1 is 1.10 bits per heavy atom. The Morgan fingerprint density at radius 2 is 2.00 bits per heavy atom.